The van der Waals surface area contributed by atoms with Gasteiger partial charge in [0.15, 0.2) is 6.61 Å². The Hall–Kier alpha value is -2.70. The van der Waals surface area contributed by atoms with E-state index in [0.717, 1.165) is 17.7 Å². The molecule has 7 nitrogen and oxygen atoms in total. The summed E-state index contributed by atoms with van der Waals surface area (Å²) in [6, 6.07) is 7.96. The van der Waals surface area contributed by atoms with Gasteiger partial charge in [-0.15, -0.1) is 0 Å². The number of ether oxygens (including phenoxy) is 1. The summed E-state index contributed by atoms with van der Waals surface area (Å²) in [5.74, 6) is -2.34. The highest BCUT2D eigenvalue weighted by Gasteiger charge is 2.51. The fourth-order valence-electron chi connectivity index (χ4n) is 3.82. The molecule has 144 valence electrons. The highest BCUT2D eigenvalue weighted by atomic mass is 16.5. The molecule has 0 bridgehead atoms. The van der Waals surface area contributed by atoms with Gasteiger partial charge < -0.3 is 9.64 Å². The van der Waals surface area contributed by atoms with Gasteiger partial charge in [0.25, 0.3) is 5.91 Å². The Balaban J connectivity index is 1.58. The molecule has 1 saturated carbocycles. The van der Waals surface area contributed by atoms with Gasteiger partial charge in [-0.05, 0) is 31.9 Å². The van der Waals surface area contributed by atoms with Crippen LogP contribution in [0.2, 0.25) is 0 Å². The van der Waals surface area contributed by atoms with Crippen LogP contribution in [0.15, 0.2) is 30.3 Å². The monoisotopic (exact) mass is 372 g/mol. The first-order valence-electron chi connectivity index (χ1n) is 9.27. The summed E-state index contributed by atoms with van der Waals surface area (Å²) in [5, 5.41) is 0. The molecule has 0 spiro atoms. The number of esters is 1. The number of rotatable bonds is 5. The van der Waals surface area contributed by atoms with Crippen LogP contribution in [-0.4, -0.2) is 48.3 Å². The molecule has 0 radical (unpaired) electrons. The van der Waals surface area contributed by atoms with E-state index in [-0.39, 0.29) is 23.7 Å². The molecule has 1 aliphatic carbocycles. The van der Waals surface area contributed by atoms with Gasteiger partial charge >= 0.3 is 5.97 Å². The van der Waals surface area contributed by atoms with Crippen LogP contribution in [0, 0.1) is 11.8 Å². The first-order chi connectivity index (χ1) is 12.9. The van der Waals surface area contributed by atoms with Gasteiger partial charge in [-0.25, -0.2) is 4.79 Å². The molecule has 1 heterocycles. The van der Waals surface area contributed by atoms with Gasteiger partial charge in [-0.2, -0.15) is 0 Å². The highest BCUT2D eigenvalue weighted by molar-refractivity contribution is 6.08. The molecule has 2 fully saturated rings. The fourth-order valence-corrected chi connectivity index (χ4v) is 3.82. The molecular weight excluding hydrogens is 348 g/mol. The number of para-hydroxylation sites is 1. The van der Waals surface area contributed by atoms with Gasteiger partial charge in [0, 0.05) is 12.7 Å². The van der Waals surface area contributed by atoms with E-state index in [4.69, 9.17) is 4.74 Å². The largest absolute Gasteiger partial charge is 0.454 e. The predicted molar refractivity (Wildman–Crippen MR) is 97.6 cm³/mol. The van der Waals surface area contributed by atoms with Crippen molar-refractivity contribution in [2.45, 2.75) is 38.6 Å². The lowest BCUT2D eigenvalue weighted by Gasteiger charge is -2.22. The summed E-state index contributed by atoms with van der Waals surface area (Å²) < 4.78 is 5.09. The van der Waals surface area contributed by atoms with Gasteiger partial charge in [-0.3, -0.25) is 19.3 Å². The first kappa shape index (κ1) is 19.1. The molecule has 0 unspecified atom stereocenters. The van der Waals surface area contributed by atoms with E-state index in [1.165, 1.54) is 11.8 Å². The molecule has 3 atom stereocenters. The Morgan fingerprint density at radius 2 is 1.67 bits per heavy atom. The van der Waals surface area contributed by atoms with Crippen molar-refractivity contribution in [1.29, 1.82) is 0 Å². The number of likely N-dealkylation sites (tertiary alicyclic amines) is 1. The van der Waals surface area contributed by atoms with E-state index in [1.54, 1.807) is 31.3 Å². The number of imide groups is 1. The molecule has 7 heteroatoms. The average molecular weight is 372 g/mol. The molecule has 1 saturated heterocycles. The van der Waals surface area contributed by atoms with Crippen molar-refractivity contribution < 1.29 is 23.9 Å². The number of fused-ring (bicyclic) bond motifs is 1. The van der Waals surface area contributed by atoms with Crippen LogP contribution in [0.25, 0.3) is 0 Å². The number of carbonyl (C=O) groups excluding carboxylic acids is 4. The van der Waals surface area contributed by atoms with Gasteiger partial charge in [0.2, 0.25) is 11.8 Å². The van der Waals surface area contributed by atoms with Crippen molar-refractivity contribution in [2.75, 3.05) is 18.6 Å². The third-order valence-corrected chi connectivity index (χ3v) is 5.46. The zero-order valence-electron chi connectivity index (χ0n) is 15.6. The maximum Gasteiger partial charge on any atom is 0.329 e. The maximum absolute atomic E-state index is 12.5. The number of hydrogen-bond acceptors (Lipinski definition) is 5. The minimum atomic E-state index is -1.02. The van der Waals surface area contributed by atoms with Crippen LogP contribution in [0.5, 0.6) is 0 Å². The van der Waals surface area contributed by atoms with E-state index < -0.39 is 24.5 Å². The SMILES string of the molecule is C[C@@H](C(=O)OCC(=O)N(C)c1ccccc1)N1C(=O)[C@H]2CCCC[C@H]2C1=O. The van der Waals surface area contributed by atoms with Crippen LogP contribution < -0.4 is 4.90 Å². The van der Waals surface area contributed by atoms with Crippen LogP contribution in [0.4, 0.5) is 5.69 Å². The van der Waals surface area contributed by atoms with E-state index in [2.05, 4.69) is 0 Å². The second-order valence-corrected chi connectivity index (χ2v) is 7.12. The third kappa shape index (κ3) is 3.72. The molecule has 1 aromatic rings. The number of benzene rings is 1. The lowest BCUT2D eigenvalue weighted by atomic mass is 9.81. The van der Waals surface area contributed by atoms with E-state index >= 15 is 0 Å². The van der Waals surface area contributed by atoms with Gasteiger partial charge in [0.05, 0.1) is 11.8 Å². The number of likely N-dealkylation sites (N-methyl/N-ethyl adjacent to an activating group) is 1. The standard InChI is InChI=1S/C20H24N2O5/c1-13(22-18(24)15-10-6-7-11-16(15)19(22)25)20(26)27-12-17(23)21(2)14-8-4-3-5-9-14/h3-5,8-9,13,15-16H,6-7,10-12H2,1-2H3/t13-,15-,16+/m0/s1. The molecule has 2 aliphatic rings. The molecular formula is C20H24N2O5. The Labute approximate surface area is 158 Å². The number of nitrogens with zero attached hydrogens (tertiary/aromatic N) is 2. The number of hydrogen-bond donors (Lipinski definition) is 0. The summed E-state index contributed by atoms with van der Waals surface area (Å²) in [4.78, 5) is 52.1. The second-order valence-electron chi connectivity index (χ2n) is 7.12. The van der Waals surface area contributed by atoms with Gasteiger partial charge in [-0.1, -0.05) is 31.0 Å². The molecule has 1 aliphatic heterocycles. The van der Waals surface area contributed by atoms with Crippen molar-refractivity contribution in [3.05, 3.63) is 30.3 Å². The first-order valence-corrected chi connectivity index (χ1v) is 9.27. The fraction of sp³-hybridized carbons (Fsp3) is 0.500. The zero-order valence-corrected chi connectivity index (χ0v) is 15.6. The van der Waals surface area contributed by atoms with Crippen LogP contribution in [0.3, 0.4) is 0 Å². The summed E-state index contributed by atoms with van der Waals surface area (Å²) in [7, 11) is 1.59. The quantitative estimate of drug-likeness (QED) is 0.581. The van der Waals surface area contributed by atoms with Crippen molar-refractivity contribution in [3.8, 4) is 0 Å². The maximum atomic E-state index is 12.5. The molecule has 27 heavy (non-hydrogen) atoms. The summed E-state index contributed by atoms with van der Waals surface area (Å²) in [5.41, 5.74) is 0.681. The lowest BCUT2D eigenvalue weighted by Crippen LogP contribution is -2.45. The Bertz CT molecular complexity index is 724. The lowest BCUT2D eigenvalue weighted by molar-refractivity contribution is -0.159. The summed E-state index contributed by atoms with van der Waals surface area (Å²) in [6.45, 7) is 1.03. The normalized spacial score (nSPS) is 23.0. The second kappa shape index (κ2) is 7.90. The van der Waals surface area contributed by atoms with Crippen LogP contribution in [-0.2, 0) is 23.9 Å². The predicted octanol–water partition coefficient (Wildman–Crippen LogP) is 1.76. The Morgan fingerprint density at radius 3 is 2.22 bits per heavy atom. The van der Waals surface area contributed by atoms with Crippen LogP contribution >= 0.6 is 0 Å². The van der Waals surface area contributed by atoms with Crippen molar-refractivity contribution in [2.24, 2.45) is 11.8 Å². The van der Waals surface area contributed by atoms with E-state index in [9.17, 15) is 19.2 Å². The number of carbonyl (C=O) groups is 4. The topological polar surface area (TPSA) is 84.0 Å². The van der Waals surface area contributed by atoms with Crippen LogP contribution in [0.1, 0.15) is 32.6 Å². The molecule has 3 rings (SSSR count). The Kier molecular flexibility index (Phi) is 5.58. The smallest absolute Gasteiger partial charge is 0.329 e. The van der Waals surface area contributed by atoms with Crippen molar-refractivity contribution >= 4 is 29.4 Å². The van der Waals surface area contributed by atoms with E-state index in [1.807, 2.05) is 6.07 Å². The third-order valence-electron chi connectivity index (χ3n) is 5.46. The van der Waals surface area contributed by atoms with E-state index in [0.29, 0.717) is 18.5 Å². The van der Waals surface area contributed by atoms with Crippen molar-refractivity contribution in [3.63, 3.8) is 0 Å². The molecule has 0 aromatic heterocycles. The van der Waals surface area contributed by atoms with Gasteiger partial charge in [0.1, 0.15) is 6.04 Å². The molecule has 0 N–H and O–H groups in total. The number of anilines is 1. The minimum Gasteiger partial charge on any atom is -0.454 e. The minimum absolute atomic E-state index is 0.290. The summed E-state index contributed by atoms with van der Waals surface area (Å²) >= 11 is 0. The highest BCUT2D eigenvalue weighted by Crippen LogP contribution is 2.38. The summed E-state index contributed by atoms with van der Waals surface area (Å²) in [6.07, 6.45) is 3.22. The zero-order chi connectivity index (χ0) is 19.6. The molecule has 3 amide bonds. The van der Waals surface area contributed by atoms with Crippen molar-refractivity contribution in [1.82, 2.24) is 4.90 Å². The Morgan fingerprint density at radius 1 is 1.11 bits per heavy atom. The average Bonchev–Trinajstić information content (AvgIpc) is 2.96. The number of amides is 3. The molecule has 1 aromatic carbocycles.